The number of carboxylic acid groups (broad SMARTS) is 1. The monoisotopic (exact) mass is 449 g/mol. The van der Waals surface area contributed by atoms with Crippen LogP contribution in [-0.4, -0.2) is 58.4 Å². The SMILES string of the molecule is CCOCCn1c(C2CCN(CCc3ccc(C(C)C(=O)O)cc3)CC2)nc2ccccc21. The maximum atomic E-state index is 11.2. The topological polar surface area (TPSA) is 67.6 Å². The molecule has 0 saturated carbocycles. The molecule has 1 unspecified atom stereocenters. The number of fused-ring (bicyclic) bond motifs is 1. The number of hydrogen-bond donors (Lipinski definition) is 1. The third kappa shape index (κ3) is 5.63. The zero-order valence-electron chi connectivity index (χ0n) is 19.7. The summed E-state index contributed by atoms with van der Waals surface area (Å²) in [6.45, 7) is 9.25. The second kappa shape index (κ2) is 10.9. The number of ether oxygens (including phenoxy) is 1. The third-order valence-electron chi connectivity index (χ3n) is 6.87. The molecular weight excluding hydrogens is 414 g/mol. The Hall–Kier alpha value is -2.70. The molecule has 3 aromatic rings. The van der Waals surface area contributed by atoms with Gasteiger partial charge in [0.05, 0.1) is 23.6 Å². The minimum atomic E-state index is -0.781. The molecule has 0 amide bonds. The third-order valence-corrected chi connectivity index (χ3v) is 6.87. The maximum absolute atomic E-state index is 11.2. The van der Waals surface area contributed by atoms with E-state index < -0.39 is 11.9 Å². The summed E-state index contributed by atoms with van der Waals surface area (Å²) in [5.41, 5.74) is 4.40. The van der Waals surface area contributed by atoms with Gasteiger partial charge in [0.2, 0.25) is 0 Å². The first-order valence-corrected chi connectivity index (χ1v) is 12.1. The van der Waals surface area contributed by atoms with Crippen molar-refractivity contribution in [3.63, 3.8) is 0 Å². The Morgan fingerprint density at radius 1 is 1.12 bits per heavy atom. The molecule has 1 N–H and O–H groups in total. The second-order valence-corrected chi connectivity index (χ2v) is 8.97. The Bertz CT molecular complexity index is 1050. The maximum Gasteiger partial charge on any atom is 0.310 e. The van der Waals surface area contributed by atoms with E-state index in [0.29, 0.717) is 12.5 Å². The number of aliphatic carboxylic acids is 1. The fourth-order valence-corrected chi connectivity index (χ4v) is 4.76. The molecule has 1 aromatic heterocycles. The molecule has 2 aromatic carbocycles. The van der Waals surface area contributed by atoms with Gasteiger partial charge in [-0.05, 0) is 69.5 Å². The summed E-state index contributed by atoms with van der Waals surface area (Å²) in [6.07, 6.45) is 3.22. The summed E-state index contributed by atoms with van der Waals surface area (Å²) in [6, 6.07) is 16.5. The second-order valence-electron chi connectivity index (χ2n) is 8.97. The predicted molar refractivity (Wildman–Crippen MR) is 131 cm³/mol. The van der Waals surface area contributed by atoms with Gasteiger partial charge >= 0.3 is 5.97 Å². The van der Waals surface area contributed by atoms with Gasteiger partial charge < -0.3 is 19.3 Å². The fourth-order valence-electron chi connectivity index (χ4n) is 4.76. The van der Waals surface area contributed by atoms with Crippen LogP contribution in [0.4, 0.5) is 0 Å². The first-order valence-electron chi connectivity index (χ1n) is 12.1. The average molecular weight is 450 g/mol. The number of likely N-dealkylation sites (tertiary alicyclic amines) is 1. The van der Waals surface area contributed by atoms with Crippen LogP contribution in [0.1, 0.15) is 55.5 Å². The Morgan fingerprint density at radius 2 is 1.85 bits per heavy atom. The lowest BCUT2D eigenvalue weighted by Gasteiger charge is -2.32. The van der Waals surface area contributed by atoms with E-state index in [2.05, 4.69) is 45.9 Å². The van der Waals surface area contributed by atoms with Gasteiger partial charge in [0, 0.05) is 25.6 Å². The number of rotatable bonds is 10. The molecule has 33 heavy (non-hydrogen) atoms. The van der Waals surface area contributed by atoms with E-state index in [1.807, 2.05) is 19.1 Å². The van der Waals surface area contributed by atoms with Gasteiger partial charge in [-0.2, -0.15) is 0 Å². The highest BCUT2D eigenvalue weighted by Crippen LogP contribution is 2.30. The average Bonchev–Trinajstić information content (AvgIpc) is 3.21. The van der Waals surface area contributed by atoms with E-state index in [-0.39, 0.29) is 0 Å². The Balaban J connectivity index is 1.34. The van der Waals surface area contributed by atoms with Crippen LogP contribution in [0.15, 0.2) is 48.5 Å². The summed E-state index contributed by atoms with van der Waals surface area (Å²) >= 11 is 0. The van der Waals surface area contributed by atoms with Crippen molar-refractivity contribution in [1.82, 2.24) is 14.5 Å². The summed E-state index contributed by atoms with van der Waals surface area (Å²) in [5.74, 6) is 0.443. The van der Waals surface area contributed by atoms with Crippen molar-refractivity contribution in [2.24, 2.45) is 0 Å². The van der Waals surface area contributed by atoms with Gasteiger partial charge in [0.25, 0.3) is 0 Å². The number of benzene rings is 2. The number of hydrogen-bond acceptors (Lipinski definition) is 4. The Labute approximate surface area is 196 Å². The molecular formula is C27H35N3O3. The van der Waals surface area contributed by atoms with Crippen molar-refractivity contribution in [3.8, 4) is 0 Å². The van der Waals surface area contributed by atoms with Gasteiger partial charge in [-0.25, -0.2) is 4.98 Å². The van der Waals surface area contributed by atoms with E-state index in [4.69, 9.17) is 9.72 Å². The van der Waals surface area contributed by atoms with E-state index >= 15 is 0 Å². The first kappa shape index (κ1) is 23.5. The molecule has 1 aliphatic rings. The predicted octanol–water partition coefficient (Wildman–Crippen LogP) is 4.68. The Kier molecular flexibility index (Phi) is 7.78. The highest BCUT2D eigenvalue weighted by molar-refractivity contribution is 5.76. The van der Waals surface area contributed by atoms with Crippen molar-refractivity contribution in [1.29, 1.82) is 0 Å². The molecule has 2 heterocycles. The minimum Gasteiger partial charge on any atom is -0.481 e. The summed E-state index contributed by atoms with van der Waals surface area (Å²) in [4.78, 5) is 18.7. The first-order chi connectivity index (χ1) is 16.1. The molecule has 1 saturated heterocycles. The molecule has 0 bridgehead atoms. The smallest absolute Gasteiger partial charge is 0.310 e. The fraction of sp³-hybridized carbons (Fsp3) is 0.481. The van der Waals surface area contributed by atoms with Crippen LogP contribution in [-0.2, 0) is 22.5 Å². The molecule has 176 valence electrons. The number of para-hydroxylation sites is 2. The molecule has 0 radical (unpaired) electrons. The van der Waals surface area contributed by atoms with Gasteiger partial charge in [-0.15, -0.1) is 0 Å². The minimum absolute atomic E-state index is 0.462. The Morgan fingerprint density at radius 3 is 2.55 bits per heavy atom. The van der Waals surface area contributed by atoms with Crippen LogP contribution in [0.3, 0.4) is 0 Å². The lowest BCUT2D eigenvalue weighted by molar-refractivity contribution is -0.138. The zero-order valence-corrected chi connectivity index (χ0v) is 19.7. The zero-order chi connectivity index (χ0) is 23.2. The molecule has 6 heteroatoms. The molecule has 1 aliphatic heterocycles. The van der Waals surface area contributed by atoms with Gasteiger partial charge in [-0.1, -0.05) is 36.4 Å². The van der Waals surface area contributed by atoms with E-state index in [1.165, 1.54) is 16.9 Å². The summed E-state index contributed by atoms with van der Waals surface area (Å²) < 4.78 is 8.00. The van der Waals surface area contributed by atoms with E-state index in [1.54, 1.807) is 6.92 Å². The molecule has 4 rings (SSSR count). The lowest BCUT2D eigenvalue weighted by atomic mass is 9.95. The number of carboxylic acids is 1. The summed E-state index contributed by atoms with van der Waals surface area (Å²) in [5, 5.41) is 9.18. The van der Waals surface area contributed by atoms with Crippen LogP contribution in [0.5, 0.6) is 0 Å². The number of imidazole rings is 1. The largest absolute Gasteiger partial charge is 0.481 e. The van der Waals surface area contributed by atoms with E-state index in [0.717, 1.165) is 63.1 Å². The standard InChI is InChI=1S/C27H35N3O3/c1-3-33-19-18-30-25-7-5-4-6-24(25)28-26(30)23-13-16-29(17-14-23)15-12-21-8-10-22(11-9-21)20(2)27(31)32/h4-11,20,23H,3,12-19H2,1-2H3,(H,31,32). The van der Waals surface area contributed by atoms with Crippen molar-refractivity contribution in [3.05, 3.63) is 65.5 Å². The highest BCUT2D eigenvalue weighted by Gasteiger charge is 2.25. The number of aromatic nitrogens is 2. The molecule has 6 nitrogen and oxygen atoms in total. The van der Waals surface area contributed by atoms with Crippen molar-refractivity contribution in [2.45, 2.75) is 51.5 Å². The van der Waals surface area contributed by atoms with Crippen LogP contribution >= 0.6 is 0 Å². The molecule has 0 spiro atoms. The van der Waals surface area contributed by atoms with Crippen molar-refractivity contribution < 1.29 is 14.6 Å². The summed E-state index contributed by atoms with van der Waals surface area (Å²) in [7, 11) is 0. The quantitative estimate of drug-likeness (QED) is 0.455. The molecule has 0 aliphatic carbocycles. The van der Waals surface area contributed by atoms with Crippen LogP contribution in [0.2, 0.25) is 0 Å². The van der Waals surface area contributed by atoms with Gasteiger partial charge in [-0.3, -0.25) is 4.79 Å². The van der Waals surface area contributed by atoms with Crippen LogP contribution in [0.25, 0.3) is 11.0 Å². The lowest BCUT2D eigenvalue weighted by Crippen LogP contribution is -2.35. The van der Waals surface area contributed by atoms with Crippen molar-refractivity contribution >= 4 is 17.0 Å². The molecule has 1 fully saturated rings. The highest BCUT2D eigenvalue weighted by atomic mass is 16.5. The van der Waals surface area contributed by atoms with E-state index in [9.17, 15) is 9.90 Å². The van der Waals surface area contributed by atoms with Crippen LogP contribution < -0.4 is 0 Å². The van der Waals surface area contributed by atoms with Gasteiger partial charge in [0.1, 0.15) is 5.82 Å². The normalized spacial score (nSPS) is 16.3. The number of carbonyl (C=O) groups is 1. The van der Waals surface area contributed by atoms with Gasteiger partial charge in [0.15, 0.2) is 0 Å². The van der Waals surface area contributed by atoms with Crippen LogP contribution in [0, 0.1) is 0 Å². The van der Waals surface area contributed by atoms with Crippen molar-refractivity contribution in [2.75, 3.05) is 32.8 Å². The molecule has 1 atom stereocenters. The number of piperidine rings is 1. The number of nitrogens with zero attached hydrogens (tertiary/aromatic N) is 3.